The summed E-state index contributed by atoms with van der Waals surface area (Å²) < 4.78 is 0. The van der Waals surface area contributed by atoms with Crippen LogP contribution in [0.2, 0.25) is 0 Å². The molecule has 3 aromatic carbocycles. The van der Waals surface area contributed by atoms with Crippen molar-refractivity contribution in [1.82, 2.24) is 4.90 Å². The fraction of sp³-hybridized carbons (Fsp3) is 0.200. The zero-order chi connectivity index (χ0) is 19.1. The number of hydrogen-bond acceptors (Lipinski definition) is 2. The Bertz CT molecular complexity index is 1010. The second-order valence-corrected chi connectivity index (χ2v) is 7.58. The van der Waals surface area contributed by atoms with Gasteiger partial charge in [-0.25, -0.2) is 0 Å². The Kier molecular flexibility index (Phi) is 4.09. The SMILES string of the molecule is O=C1CC(C2c3ccccc3-c3ccccc32)C(=O)N1CCc1ccccc1. The minimum absolute atomic E-state index is 0.0302. The highest BCUT2D eigenvalue weighted by molar-refractivity contribution is 6.05. The summed E-state index contributed by atoms with van der Waals surface area (Å²) in [5, 5.41) is 0. The molecule has 1 aliphatic heterocycles. The molecular weight excluding hydrogens is 346 g/mol. The van der Waals surface area contributed by atoms with Crippen molar-refractivity contribution in [2.24, 2.45) is 5.92 Å². The third-order valence-electron chi connectivity index (χ3n) is 6.03. The van der Waals surface area contributed by atoms with Crippen LogP contribution in [0.25, 0.3) is 11.1 Å². The van der Waals surface area contributed by atoms with Crippen LogP contribution in [0.1, 0.15) is 29.0 Å². The smallest absolute Gasteiger partial charge is 0.233 e. The number of benzene rings is 3. The van der Waals surface area contributed by atoms with Crippen LogP contribution in [0.4, 0.5) is 0 Å². The molecule has 1 unspecified atom stereocenters. The molecule has 138 valence electrons. The number of imide groups is 1. The Hall–Kier alpha value is -3.20. The number of likely N-dealkylation sites (tertiary alicyclic amines) is 1. The van der Waals surface area contributed by atoms with E-state index in [1.807, 2.05) is 54.6 Å². The highest BCUT2D eigenvalue weighted by atomic mass is 16.2. The Morgan fingerprint density at radius 3 is 1.96 bits per heavy atom. The van der Waals surface area contributed by atoms with Gasteiger partial charge in [-0.1, -0.05) is 78.9 Å². The van der Waals surface area contributed by atoms with Gasteiger partial charge in [0.1, 0.15) is 0 Å². The first kappa shape index (κ1) is 16.9. The Balaban J connectivity index is 1.44. The molecule has 0 aromatic heterocycles. The van der Waals surface area contributed by atoms with E-state index in [9.17, 15) is 9.59 Å². The average Bonchev–Trinajstić information content (AvgIpc) is 3.21. The van der Waals surface area contributed by atoms with Gasteiger partial charge in [0.05, 0.1) is 5.92 Å². The van der Waals surface area contributed by atoms with E-state index in [2.05, 4.69) is 24.3 Å². The van der Waals surface area contributed by atoms with Crippen molar-refractivity contribution in [3.8, 4) is 11.1 Å². The molecule has 2 aliphatic rings. The lowest BCUT2D eigenvalue weighted by atomic mass is 9.83. The van der Waals surface area contributed by atoms with Gasteiger partial charge in [-0.3, -0.25) is 14.5 Å². The summed E-state index contributed by atoms with van der Waals surface area (Å²) in [6.07, 6.45) is 0.990. The van der Waals surface area contributed by atoms with Crippen LogP contribution in [0.5, 0.6) is 0 Å². The lowest BCUT2D eigenvalue weighted by Crippen LogP contribution is -2.33. The van der Waals surface area contributed by atoms with E-state index >= 15 is 0 Å². The Morgan fingerprint density at radius 1 is 0.750 bits per heavy atom. The molecule has 0 bridgehead atoms. The maximum atomic E-state index is 13.2. The summed E-state index contributed by atoms with van der Waals surface area (Å²) in [7, 11) is 0. The third kappa shape index (κ3) is 2.66. The minimum Gasteiger partial charge on any atom is -0.282 e. The molecular formula is C25H21NO2. The van der Waals surface area contributed by atoms with Crippen LogP contribution in [0.3, 0.4) is 0 Å². The predicted octanol–water partition coefficient (Wildman–Crippen LogP) is 4.42. The molecule has 3 heteroatoms. The molecule has 3 aromatic rings. The van der Waals surface area contributed by atoms with Gasteiger partial charge >= 0.3 is 0 Å². The highest BCUT2D eigenvalue weighted by Crippen LogP contribution is 2.50. The summed E-state index contributed by atoms with van der Waals surface area (Å²) in [6.45, 7) is 0.453. The van der Waals surface area contributed by atoms with Gasteiger partial charge in [0.2, 0.25) is 11.8 Å². The molecule has 1 saturated heterocycles. The number of amides is 2. The van der Waals surface area contributed by atoms with Crippen molar-refractivity contribution < 1.29 is 9.59 Å². The number of carbonyl (C=O) groups is 2. The van der Waals surface area contributed by atoms with Gasteiger partial charge in [-0.05, 0) is 34.2 Å². The molecule has 0 N–H and O–H groups in total. The molecule has 5 rings (SSSR count). The van der Waals surface area contributed by atoms with E-state index in [4.69, 9.17) is 0 Å². The Labute approximate surface area is 164 Å². The number of hydrogen-bond donors (Lipinski definition) is 0. The van der Waals surface area contributed by atoms with E-state index in [1.165, 1.54) is 27.2 Å². The summed E-state index contributed by atoms with van der Waals surface area (Å²) in [6, 6.07) is 26.5. The first-order chi connectivity index (χ1) is 13.7. The predicted molar refractivity (Wildman–Crippen MR) is 109 cm³/mol. The van der Waals surface area contributed by atoms with Gasteiger partial charge in [-0.15, -0.1) is 0 Å². The maximum Gasteiger partial charge on any atom is 0.233 e. The third-order valence-corrected chi connectivity index (χ3v) is 6.03. The molecule has 0 radical (unpaired) electrons. The second kappa shape index (κ2) is 6.75. The van der Waals surface area contributed by atoms with Crippen molar-refractivity contribution in [3.63, 3.8) is 0 Å². The summed E-state index contributed by atoms with van der Waals surface area (Å²) >= 11 is 0. The zero-order valence-electron chi connectivity index (χ0n) is 15.5. The van der Waals surface area contributed by atoms with Crippen molar-refractivity contribution in [1.29, 1.82) is 0 Å². The van der Waals surface area contributed by atoms with E-state index < -0.39 is 0 Å². The van der Waals surface area contributed by atoms with Gasteiger partial charge in [0, 0.05) is 18.9 Å². The molecule has 1 heterocycles. The topological polar surface area (TPSA) is 37.4 Å². The van der Waals surface area contributed by atoms with Gasteiger partial charge in [0.15, 0.2) is 0 Å². The first-order valence-corrected chi connectivity index (χ1v) is 9.80. The van der Waals surface area contributed by atoms with E-state index in [0.29, 0.717) is 19.4 Å². The van der Waals surface area contributed by atoms with Gasteiger partial charge in [-0.2, -0.15) is 0 Å². The fourth-order valence-corrected chi connectivity index (χ4v) is 4.72. The number of fused-ring (bicyclic) bond motifs is 3. The van der Waals surface area contributed by atoms with Crippen LogP contribution in [0.15, 0.2) is 78.9 Å². The zero-order valence-corrected chi connectivity index (χ0v) is 15.5. The van der Waals surface area contributed by atoms with Crippen LogP contribution in [-0.4, -0.2) is 23.3 Å². The van der Waals surface area contributed by atoms with Crippen LogP contribution >= 0.6 is 0 Å². The molecule has 0 saturated carbocycles. The van der Waals surface area contributed by atoms with E-state index in [-0.39, 0.29) is 23.7 Å². The van der Waals surface area contributed by atoms with E-state index in [1.54, 1.807) is 0 Å². The molecule has 28 heavy (non-hydrogen) atoms. The van der Waals surface area contributed by atoms with Crippen LogP contribution < -0.4 is 0 Å². The average molecular weight is 367 g/mol. The largest absolute Gasteiger partial charge is 0.282 e. The quantitative estimate of drug-likeness (QED) is 0.640. The standard InChI is InChI=1S/C25H21NO2/c27-23-16-22(25(28)26(23)15-14-17-8-2-1-3-9-17)24-20-12-6-4-10-18(20)19-11-5-7-13-21(19)24/h1-13,22,24H,14-16H2. The van der Waals surface area contributed by atoms with E-state index in [0.717, 1.165) is 5.56 Å². The fourth-order valence-electron chi connectivity index (χ4n) is 4.72. The van der Waals surface area contributed by atoms with Gasteiger partial charge in [0.25, 0.3) is 0 Å². The molecule has 0 spiro atoms. The molecule has 3 nitrogen and oxygen atoms in total. The van der Waals surface area contributed by atoms with Crippen molar-refractivity contribution in [2.75, 3.05) is 6.54 Å². The molecule has 2 amide bonds. The highest BCUT2D eigenvalue weighted by Gasteiger charge is 2.46. The van der Waals surface area contributed by atoms with Crippen molar-refractivity contribution >= 4 is 11.8 Å². The minimum atomic E-state index is -0.312. The lowest BCUT2D eigenvalue weighted by Gasteiger charge is -2.20. The molecule has 1 aliphatic carbocycles. The Morgan fingerprint density at radius 2 is 1.32 bits per heavy atom. The number of nitrogens with zero attached hydrogens (tertiary/aromatic N) is 1. The molecule has 1 atom stereocenters. The van der Waals surface area contributed by atoms with Crippen molar-refractivity contribution in [3.05, 3.63) is 95.6 Å². The summed E-state index contributed by atoms with van der Waals surface area (Å²) in [5.74, 6) is -0.427. The normalized spacial score (nSPS) is 18.4. The number of rotatable bonds is 4. The van der Waals surface area contributed by atoms with Crippen molar-refractivity contribution in [2.45, 2.75) is 18.8 Å². The number of carbonyl (C=O) groups excluding carboxylic acids is 2. The molecule has 1 fully saturated rings. The second-order valence-electron chi connectivity index (χ2n) is 7.58. The first-order valence-electron chi connectivity index (χ1n) is 9.80. The van der Waals surface area contributed by atoms with Gasteiger partial charge < -0.3 is 0 Å². The van der Waals surface area contributed by atoms with Crippen LogP contribution in [-0.2, 0) is 16.0 Å². The lowest BCUT2D eigenvalue weighted by molar-refractivity contribution is -0.139. The summed E-state index contributed by atoms with van der Waals surface area (Å²) in [5.41, 5.74) is 5.85. The maximum absolute atomic E-state index is 13.2. The monoisotopic (exact) mass is 367 g/mol. The summed E-state index contributed by atoms with van der Waals surface area (Å²) in [4.78, 5) is 27.4. The van der Waals surface area contributed by atoms with Crippen LogP contribution in [0, 0.1) is 5.92 Å².